The quantitative estimate of drug-likeness (QED) is 0.408. The standard InChI is InChI=1S/C28H41NO/c1-4-6-7-8-15-21-28(30)22(3)26(23-17-11-9-12-18-23)29-27(25(28)16-5-2)24-19-13-10-14-20-24/h9-14,17-20,22,25-27,29-30H,4-8,15-16,21H2,1-3H3/t22-,25-,26+,27+,28-/m0/s1. The minimum absolute atomic E-state index is 0.158. The van der Waals surface area contributed by atoms with Crippen molar-refractivity contribution in [3.8, 4) is 0 Å². The summed E-state index contributed by atoms with van der Waals surface area (Å²) in [6.07, 6.45) is 9.22. The van der Waals surface area contributed by atoms with Crippen molar-refractivity contribution in [2.24, 2.45) is 11.8 Å². The van der Waals surface area contributed by atoms with Crippen LogP contribution in [0, 0.1) is 11.8 Å². The molecule has 1 heterocycles. The molecule has 0 amide bonds. The maximum Gasteiger partial charge on any atom is 0.0737 e. The van der Waals surface area contributed by atoms with E-state index in [1.807, 2.05) is 0 Å². The van der Waals surface area contributed by atoms with Gasteiger partial charge in [0.1, 0.15) is 0 Å². The molecule has 0 aromatic heterocycles. The van der Waals surface area contributed by atoms with Crippen LogP contribution in [0.2, 0.25) is 0 Å². The molecule has 1 fully saturated rings. The summed E-state index contributed by atoms with van der Waals surface area (Å²) < 4.78 is 0. The van der Waals surface area contributed by atoms with Crippen molar-refractivity contribution in [1.82, 2.24) is 5.32 Å². The lowest BCUT2D eigenvalue weighted by molar-refractivity contribution is -0.126. The van der Waals surface area contributed by atoms with Gasteiger partial charge in [-0.3, -0.25) is 0 Å². The van der Waals surface area contributed by atoms with Crippen LogP contribution in [0.3, 0.4) is 0 Å². The number of aliphatic hydroxyl groups is 1. The first-order chi connectivity index (χ1) is 14.6. The van der Waals surface area contributed by atoms with Crippen LogP contribution >= 0.6 is 0 Å². The average Bonchev–Trinajstić information content (AvgIpc) is 2.78. The molecule has 0 aliphatic carbocycles. The monoisotopic (exact) mass is 407 g/mol. The van der Waals surface area contributed by atoms with Crippen molar-refractivity contribution < 1.29 is 5.11 Å². The SMILES string of the molecule is CCCCCCC[C@]1(O)[C@@H](C)[C@H](c2ccccc2)N[C@H](c2ccccc2)[C@@H]1CCC. The van der Waals surface area contributed by atoms with E-state index in [0.717, 1.165) is 25.7 Å². The zero-order valence-corrected chi connectivity index (χ0v) is 19.2. The molecule has 0 spiro atoms. The highest BCUT2D eigenvalue weighted by molar-refractivity contribution is 5.28. The summed E-state index contributed by atoms with van der Waals surface area (Å²) in [4.78, 5) is 0. The fourth-order valence-corrected chi connectivity index (χ4v) is 5.56. The zero-order valence-electron chi connectivity index (χ0n) is 19.2. The van der Waals surface area contributed by atoms with Crippen LogP contribution in [-0.4, -0.2) is 10.7 Å². The smallest absolute Gasteiger partial charge is 0.0737 e. The average molecular weight is 408 g/mol. The van der Waals surface area contributed by atoms with Gasteiger partial charge in [0.2, 0.25) is 0 Å². The minimum atomic E-state index is -0.658. The number of hydrogen-bond donors (Lipinski definition) is 2. The lowest BCUT2D eigenvalue weighted by Gasteiger charge is -2.53. The first-order valence-electron chi connectivity index (χ1n) is 12.2. The molecule has 0 saturated carbocycles. The predicted molar refractivity (Wildman–Crippen MR) is 127 cm³/mol. The van der Waals surface area contributed by atoms with Crippen LogP contribution in [-0.2, 0) is 0 Å². The topological polar surface area (TPSA) is 32.3 Å². The Bertz CT molecular complexity index is 731. The molecule has 2 aromatic rings. The molecule has 2 heteroatoms. The van der Waals surface area contributed by atoms with Gasteiger partial charge in [0.25, 0.3) is 0 Å². The number of piperidine rings is 1. The number of nitrogens with one attached hydrogen (secondary N) is 1. The van der Waals surface area contributed by atoms with Gasteiger partial charge in [-0.2, -0.15) is 0 Å². The van der Waals surface area contributed by atoms with Crippen molar-refractivity contribution in [3.05, 3.63) is 71.8 Å². The van der Waals surface area contributed by atoms with E-state index in [9.17, 15) is 5.11 Å². The van der Waals surface area contributed by atoms with Gasteiger partial charge in [-0.15, -0.1) is 0 Å². The van der Waals surface area contributed by atoms with E-state index in [4.69, 9.17) is 0 Å². The van der Waals surface area contributed by atoms with E-state index in [1.54, 1.807) is 0 Å². The molecule has 1 aliphatic rings. The molecule has 0 bridgehead atoms. The lowest BCUT2D eigenvalue weighted by atomic mass is 9.62. The van der Waals surface area contributed by atoms with Gasteiger partial charge in [-0.25, -0.2) is 0 Å². The molecule has 2 nitrogen and oxygen atoms in total. The van der Waals surface area contributed by atoms with Crippen molar-refractivity contribution >= 4 is 0 Å². The van der Waals surface area contributed by atoms with Crippen LogP contribution < -0.4 is 5.32 Å². The minimum Gasteiger partial charge on any atom is -0.389 e. The number of unbranched alkanes of at least 4 members (excludes halogenated alkanes) is 4. The van der Waals surface area contributed by atoms with Crippen LogP contribution in [0.15, 0.2) is 60.7 Å². The van der Waals surface area contributed by atoms with Crippen LogP contribution in [0.25, 0.3) is 0 Å². The second kappa shape index (κ2) is 11.1. The normalized spacial score (nSPS) is 29.1. The highest BCUT2D eigenvalue weighted by Gasteiger charge is 2.52. The van der Waals surface area contributed by atoms with Crippen molar-refractivity contribution in [3.63, 3.8) is 0 Å². The van der Waals surface area contributed by atoms with Gasteiger partial charge in [0.05, 0.1) is 5.60 Å². The number of benzene rings is 2. The van der Waals surface area contributed by atoms with E-state index in [0.29, 0.717) is 0 Å². The lowest BCUT2D eigenvalue weighted by Crippen LogP contribution is -2.58. The van der Waals surface area contributed by atoms with Gasteiger partial charge in [0.15, 0.2) is 0 Å². The summed E-state index contributed by atoms with van der Waals surface area (Å²) in [5.41, 5.74) is 1.92. The van der Waals surface area contributed by atoms with Crippen molar-refractivity contribution in [2.75, 3.05) is 0 Å². The Morgan fingerprint density at radius 1 is 0.767 bits per heavy atom. The Morgan fingerprint density at radius 3 is 1.90 bits per heavy atom. The third-order valence-electron chi connectivity index (χ3n) is 7.29. The van der Waals surface area contributed by atoms with E-state index >= 15 is 0 Å². The first-order valence-corrected chi connectivity index (χ1v) is 12.2. The van der Waals surface area contributed by atoms with Gasteiger partial charge in [-0.1, -0.05) is 120 Å². The molecule has 1 saturated heterocycles. The Kier molecular flexibility index (Phi) is 8.53. The largest absolute Gasteiger partial charge is 0.389 e. The van der Waals surface area contributed by atoms with Gasteiger partial charge < -0.3 is 10.4 Å². The molecule has 1 aliphatic heterocycles. The fourth-order valence-electron chi connectivity index (χ4n) is 5.56. The molecule has 0 unspecified atom stereocenters. The molecular formula is C28H41NO. The summed E-state index contributed by atoms with van der Waals surface area (Å²) in [7, 11) is 0. The van der Waals surface area contributed by atoms with Crippen LogP contribution in [0.5, 0.6) is 0 Å². The van der Waals surface area contributed by atoms with Crippen LogP contribution in [0.1, 0.15) is 95.3 Å². The highest BCUT2D eigenvalue weighted by atomic mass is 16.3. The van der Waals surface area contributed by atoms with E-state index in [-0.39, 0.29) is 23.9 Å². The Balaban J connectivity index is 1.94. The Labute approximate surface area is 184 Å². The van der Waals surface area contributed by atoms with Crippen LogP contribution in [0.4, 0.5) is 0 Å². The van der Waals surface area contributed by atoms with Gasteiger partial charge >= 0.3 is 0 Å². The molecular weight excluding hydrogens is 366 g/mol. The van der Waals surface area contributed by atoms with E-state index in [2.05, 4.69) is 86.8 Å². The van der Waals surface area contributed by atoms with E-state index < -0.39 is 5.60 Å². The third-order valence-corrected chi connectivity index (χ3v) is 7.29. The summed E-state index contributed by atoms with van der Waals surface area (Å²) >= 11 is 0. The first kappa shape index (κ1) is 23.0. The molecule has 30 heavy (non-hydrogen) atoms. The molecule has 2 N–H and O–H groups in total. The van der Waals surface area contributed by atoms with Gasteiger partial charge in [-0.05, 0) is 24.0 Å². The Hall–Kier alpha value is -1.64. The van der Waals surface area contributed by atoms with E-state index in [1.165, 1.54) is 36.8 Å². The van der Waals surface area contributed by atoms with Gasteiger partial charge in [0, 0.05) is 23.9 Å². The Morgan fingerprint density at radius 2 is 1.33 bits per heavy atom. The molecule has 5 atom stereocenters. The fraction of sp³-hybridized carbons (Fsp3) is 0.571. The summed E-state index contributed by atoms with van der Waals surface area (Å²) in [6, 6.07) is 21.8. The van der Waals surface area contributed by atoms with Crippen molar-refractivity contribution in [1.29, 1.82) is 0 Å². The third kappa shape index (κ3) is 5.15. The highest BCUT2D eigenvalue weighted by Crippen LogP contribution is 2.50. The predicted octanol–water partition coefficient (Wildman–Crippen LogP) is 7.22. The molecule has 3 rings (SSSR count). The summed E-state index contributed by atoms with van der Waals surface area (Å²) in [5, 5.41) is 16.3. The number of rotatable bonds is 10. The molecule has 0 radical (unpaired) electrons. The maximum atomic E-state index is 12.3. The van der Waals surface area contributed by atoms with Crippen molar-refractivity contribution in [2.45, 2.75) is 89.8 Å². The second-order valence-electron chi connectivity index (χ2n) is 9.28. The summed E-state index contributed by atoms with van der Waals surface area (Å²) in [5.74, 6) is 0.397. The maximum absolute atomic E-state index is 12.3. The number of hydrogen-bond acceptors (Lipinski definition) is 2. The molecule has 164 valence electrons. The second-order valence-corrected chi connectivity index (χ2v) is 9.28. The summed E-state index contributed by atoms with van der Waals surface area (Å²) in [6.45, 7) is 6.77. The zero-order chi connectivity index (χ0) is 21.4. The molecule has 2 aromatic carbocycles.